The van der Waals surface area contributed by atoms with Crippen molar-refractivity contribution in [2.24, 2.45) is 5.92 Å². The van der Waals surface area contributed by atoms with Crippen molar-refractivity contribution >= 4 is 15.9 Å². The molecule has 1 heterocycles. The van der Waals surface area contributed by atoms with Crippen LogP contribution >= 0.6 is 0 Å². The summed E-state index contributed by atoms with van der Waals surface area (Å²) in [6.07, 6.45) is 1.22. The van der Waals surface area contributed by atoms with Crippen LogP contribution in [0.15, 0.2) is 95.9 Å². The Morgan fingerprint density at radius 1 is 0.875 bits per heavy atom. The van der Waals surface area contributed by atoms with Gasteiger partial charge in [-0.3, -0.25) is 4.79 Å². The van der Waals surface area contributed by atoms with E-state index in [2.05, 4.69) is 5.32 Å². The van der Waals surface area contributed by atoms with E-state index in [4.69, 9.17) is 0 Å². The van der Waals surface area contributed by atoms with Gasteiger partial charge in [0.25, 0.3) is 0 Å². The van der Waals surface area contributed by atoms with E-state index in [-0.39, 0.29) is 29.4 Å². The maximum atomic E-state index is 13.6. The topological polar surface area (TPSA) is 66.5 Å². The summed E-state index contributed by atoms with van der Waals surface area (Å²) in [7, 11) is -3.75. The Hall–Kier alpha value is -2.96. The third kappa shape index (κ3) is 4.76. The number of carbonyl (C=O) groups excluding carboxylic acids is 1. The van der Waals surface area contributed by atoms with Gasteiger partial charge in [-0.15, -0.1) is 0 Å². The maximum absolute atomic E-state index is 13.6. The fourth-order valence-electron chi connectivity index (χ4n) is 4.31. The highest BCUT2D eigenvalue weighted by Gasteiger charge is 2.40. The molecule has 1 fully saturated rings. The Bertz CT molecular complexity index is 1140. The van der Waals surface area contributed by atoms with Crippen molar-refractivity contribution in [1.29, 1.82) is 0 Å². The molecule has 1 aliphatic rings. The molecule has 1 N–H and O–H groups in total. The van der Waals surface area contributed by atoms with Crippen molar-refractivity contribution in [2.45, 2.75) is 36.7 Å². The molecular formula is C26H28N2O3S. The summed E-state index contributed by atoms with van der Waals surface area (Å²) < 4.78 is 28.7. The lowest BCUT2D eigenvalue weighted by atomic mass is 9.90. The summed E-state index contributed by atoms with van der Waals surface area (Å²) in [5, 5.41) is 3.07. The van der Waals surface area contributed by atoms with Crippen LogP contribution in [0.1, 0.15) is 43.0 Å². The molecule has 0 aliphatic carbocycles. The zero-order chi connectivity index (χ0) is 22.6. The van der Waals surface area contributed by atoms with Gasteiger partial charge >= 0.3 is 0 Å². The number of hydrogen-bond acceptors (Lipinski definition) is 3. The molecule has 5 nitrogen and oxygen atoms in total. The molecule has 3 aromatic carbocycles. The lowest BCUT2D eigenvalue weighted by Gasteiger charge is -2.38. The predicted molar refractivity (Wildman–Crippen MR) is 125 cm³/mol. The standard InChI is InChI=1S/C26H28N2O3S/c1-20(21-11-5-2-6-12-21)27-26(29)23-17-18-25(22-13-7-3-8-14-22)28(19-23)32(30,31)24-15-9-4-10-16-24/h2-16,20,23,25H,17-19H2,1H3,(H,27,29)/t20?,23-,25-/m1/s1. The number of rotatable bonds is 6. The van der Waals surface area contributed by atoms with E-state index in [0.29, 0.717) is 12.8 Å². The molecule has 1 saturated heterocycles. The molecule has 4 rings (SSSR count). The third-order valence-electron chi connectivity index (χ3n) is 6.10. The highest BCUT2D eigenvalue weighted by molar-refractivity contribution is 7.89. The van der Waals surface area contributed by atoms with Gasteiger partial charge in [0.05, 0.1) is 22.9 Å². The average molecular weight is 449 g/mol. The normalized spacial score (nSPS) is 20.4. The van der Waals surface area contributed by atoms with Gasteiger partial charge in [-0.05, 0) is 43.0 Å². The Labute approximate surface area is 190 Å². The minimum atomic E-state index is -3.75. The highest BCUT2D eigenvalue weighted by atomic mass is 32.2. The smallest absolute Gasteiger partial charge is 0.243 e. The molecule has 6 heteroatoms. The summed E-state index contributed by atoms with van der Waals surface area (Å²) in [4.78, 5) is 13.4. The summed E-state index contributed by atoms with van der Waals surface area (Å²) >= 11 is 0. The Morgan fingerprint density at radius 3 is 2.06 bits per heavy atom. The molecule has 3 atom stereocenters. The Balaban J connectivity index is 1.59. The molecular weight excluding hydrogens is 420 g/mol. The van der Waals surface area contributed by atoms with Gasteiger partial charge in [0, 0.05) is 6.54 Å². The highest BCUT2D eigenvalue weighted by Crippen LogP contribution is 2.37. The number of piperidine rings is 1. The molecule has 3 aromatic rings. The van der Waals surface area contributed by atoms with Gasteiger partial charge in [0.15, 0.2) is 0 Å². The number of hydrogen-bond donors (Lipinski definition) is 1. The van der Waals surface area contributed by atoms with Crippen molar-refractivity contribution in [2.75, 3.05) is 6.54 Å². The lowest BCUT2D eigenvalue weighted by Crippen LogP contribution is -2.47. The molecule has 0 bridgehead atoms. The first-order valence-electron chi connectivity index (χ1n) is 10.9. The van der Waals surface area contributed by atoms with E-state index in [9.17, 15) is 13.2 Å². The molecule has 0 radical (unpaired) electrons. The van der Waals surface area contributed by atoms with Gasteiger partial charge < -0.3 is 5.32 Å². The first-order valence-corrected chi connectivity index (χ1v) is 12.4. The number of amides is 1. The molecule has 0 spiro atoms. The van der Waals surface area contributed by atoms with Crippen LogP contribution in [-0.2, 0) is 14.8 Å². The van der Waals surface area contributed by atoms with Crippen molar-refractivity contribution in [1.82, 2.24) is 9.62 Å². The number of nitrogens with one attached hydrogen (secondary N) is 1. The molecule has 0 aromatic heterocycles. The van der Waals surface area contributed by atoms with E-state index in [1.54, 1.807) is 30.3 Å². The minimum Gasteiger partial charge on any atom is -0.349 e. The number of sulfonamides is 1. The van der Waals surface area contributed by atoms with Crippen molar-refractivity contribution < 1.29 is 13.2 Å². The van der Waals surface area contributed by atoms with Crippen molar-refractivity contribution in [3.63, 3.8) is 0 Å². The third-order valence-corrected chi connectivity index (χ3v) is 7.99. The van der Waals surface area contributed by atoms with Crippen LogP contribution in [0.3, 0.4) is 0 Å². The van der Waals surface area contributed by atoms with E-state index in [1.165, 1.54) is 4.31 Å². The van der Waals surface area contributed by atoms with Crippen LogP contribution in [0.4, 0.5) is 0 Å². The van der Waals surface area contributed by atoms with Crippen LogP contribution in [0, 0.1) is 5.92 Å². The molecule has 166 valence electrons. The molecule has 32 heavy (non-hydrogen) atoms. The SMILES string of the molecule is CC(NC(=O)[C@@H]1CC[C@H](c2ccccc2)N(S(=O)(=O)c2ccccc2)C1)c1ccccc1. The van der Waals surface area contributed by atoms with Crippen molar-refractivity contribution in [3.8, 4) is 0 Å². The average Bonchev–Trinajstić information content (AvgIpc) is 2.85. The van der Waals surface area contributed by atoms with Crippen LogP contribution in [0.5, 0.6) is 0 Å². The Kier molecular flexibility index (Phi) is 6.72. The monoisotopic (exact) mass is 448 g/mol. The number of nitrogens with zero attached hydrogens (tertiary/aromatic N) is 1. The van der Waals surface area contributed by atoms with Gasteiger partial charge in [-0.2, -0.15) is 4.31 Å². The minimum absolute atomic E-state index is 0.110. The van der Waals surface area contributed by atoms with Gasteiger partial charge in [-0.25, -0.2) is 8.42 Å². The first-order chi connectivity index (χ1) is 15.5. The molecule has 1 amide bonds. The fourth-order valence-corrected chi connectivity index (χ4v) is 6.02. The zero-order valence-electron chi connectivity index (χ0n) is 18.1. The molecule has 1 aliphatic heterocycles. The second kappa shape index (κ2) is 9.67. The zero-order valence-corrected chi connectivity index (χ0v) is 18.9. The van der Waals surface area contributed by atoms with E-state index in [1.807, 2.05) is 67.6 Å². The molecule has 0 saturated carbocycles. The van der Waals surface area contributed by atoms with Gasteiger partial charge in [-0.1, -0.05) is 78.9 Å². The molecule has 1 unspecified atom stereocenters. The van der Waals surface area contributed by atoms with E-state index in [0.717, 1.165) is 11.1 Å². The van der Waals surface area contributed by atoms with Crippen molar-refractivity contribution in [3.05, 3.63) is 102 Å². The second-order valence-corrected chi connectivity index (χ2v) is 10.1. The van der Waals surface area contributed by atoms with Gasteiger partial charge in [0.2, 0.25) is 15.9 Å². The Morgan fingerprint density at radius 2 is 1.44 bits per heavy atom. The van der Waals surface area contributed by atoms with Crippen LogP contribution in [0.2, 0.25) is 0 Å². The summed E-state index contributed by atoms with van der Waals surface area (Å²) in [6.45, 7) is 2.10. The van der Waals surface area contributed by atoms with Crippen LogP contribution in [-0.4, -0.2) is 25.2 Å². The van der Waals surface area contributed by atoms with Crippen LogP contribution in [0.25, 0.3) is 0 Å². The predicted octanol–water partition coefficient (Wildman–Crippen LogP) is 4.71. The van der Waals surface area contributed by atoms with E-state index >= 15 is 0 Å². The first kappa shape index (κ1) is 22.2. The fraction of sp³-hybridized carbons (Fsp3) is 0.269. The lowest BCUT2D eigenvalue weighted by molar-refractivity contribution is -0.127. The largest absolute Gasteiger partial charge is 0.349 e. The summed E-state index contributed by atoms with van der Waals surface area (Å²) in [5.41, 5.74) is 1.97. The van der Waals surface area contributed by atoms with Crippen LogP contribution < -0.4 is 5.32 Å². The quantitative estimate of drug-likeness (QED) is 0.594. The number of benzene rings is 3. The second-order valence-electron chi connectivity index (χ2n) is 8.23. The van der Waals surface area contributed by atoms with Gasteiger partial charge in [0.1, 0.15) is 0 Å². The summed E-state index contributed by atoms with van der Waals surface area (Å²) in [5.74, 6) is -0.513. The van der Waals surface area contributed by atoms with E-state index < -0.39 is 15.9 Å². The maximum Gasteiger partial charge on any atom is 0.243 e. The summed E-state index contributed by atoms with van der Waals surface area (Å²) in [6, 6.07) is 27.5. The number of carbonyl (C=O) groups is 1.